The van der Waals surface area contributed by atoms with Crippen LogP contribution in [0, 0.1) is 11.8 Å². The number of rotatable bonds is 7. The molecular formula is C26H40N2O. The van der Waals surface area contributed by atoms with Gasteiger partial charge in [-0.05, 0) is 88.3 Å². The van der Waals surface area contributed by atoms with Gasteiger partial charge in [0.05, 0.1) is 0 Å². The molecule has 1 aromatic carbocycles. The van der Waals surface area contributed by atoms with Crippen LogP contribution in [0.5, 0.6) is 0 Å². The number of carbonyl (C=O) groups excluding carboxylic acids is 1. The molecule has 0 radical (unpaired) electrons. The van der Waals surface area contributed by atoms with E-state index in [1.54, 1.807) is 0 Å². The Morgan fingerprint density at radius 3 is 2.28 bits per heavy atom. The molecule has 1 aliphatic heterocycles. The average Bonchev–Trinajstić information content (AvgIpc) is 3.29. The zero-order valence-electron chi connectivity index (χ0n) is 18.2. The highest BCUT2D eigenvalue weighted by Gasteiger charge is 2.33. The quantitative estimate of drug-likeness (QED) is 0.675. The smallest absolute Gasteiger partial charge is 0.220 e. The van der Waals surface area contributed by atoms with E-state index in [1.165, 1.54) is 95.7 Å². The molecule has 1 aromatic rings. The van der Waals surface area contributed by atoms with E-state index in [1.807, 2.05) is 0 Å². The van der Waals surface area contributed by atoms with Crippen molar-refractivity contribution in [1.82, 2.24) is 10.2 Å². The van der Waals surface area contributed by atoms with Gasteiger partial charge in [0.15, 0.2) is 0 Å². The predicted octanol–water partition coefficient (Wildman–Crippen LogP) is 5.34. The van der Waals surface area contributed by atoms with Crippen LogP contribution < -0.4 is 5.32 Å². The third kappa shape index (κ3) is 6.07. The normalized spacial score (nSPS) is 27.6. The van der Waals surface area contributed by atoms with Crippen LogP contribution in [-0.4, -0.2) is 36.0 Å². The Bertz CT molecular complexity index is 611. The third-order valence-corrected chi connectivity index (χ3v) is 7.78. The van der Waals surface area contributed by atoms with Crippen LogP contribution >= 0.6 is 0 Å². The molecule has 4 rings (SSSR count). The molecule has 3 aliphatic rings. The van der Waals surface area contributed by atoms with Gasteiger partial charge in [-0.3, -0.25) is 9.69 Å². The van der Waals surface area contributed by atoms with Crippen LogP contribution in [0.15, 0.2) is 30.3 Å². The monoisotopic (exact) mass is 396 g/mol. The first-order valence-corrected chi connectivity index (χ1v) is 12.4. The molecule has 1 saturated heterocycles. The fourth-order valence-electron chi connectivity index (χ4n) is 6.10. The SMILES string of the molecule is O=C(CC1CCC(C(Cc2ccccc2)N2CCCC2)CC1)NC1CCCCC1. The van der Waals surface area contributed by atoms with Crippen molar-refractivity contribution in [3.63, 3.8) is 0 Å². The van der Waals surface area contributed by atoms with Crippen molar-refractivity contribution in [3.8, 4) is 0 Å². The summed E-state index contributed by atoms with van der Waals surface area (Å²) in [4.78, 5) is 15.3. The summed E-state index contributed by atoms with van der Waals surface area (Å²) in [7, 11) is 0. The first-order valence-electron chi connectivity index (χ1n) is 12.4. The number of nitrogens with one attached hydrogen (secondary N) is 1. The average molecular weight is 397 g/mol. The van der Waals surface area contributed by atoms with E-state index in [4.69, 9.17) is 0 Å². The topological polar surface area (TPSA) is 32.3 Å². The number of benzene rings is 1. The molecule has 160 valence electrons. The van der Waals surface area contributed by atoms with Gasteiger partial charge in [-0.15, -0.1) is 0 Å². The van der Waals surface area contributed by atoms with E-state index in [9.17, 15) is 4.79 Å². The fourth-order valence-corrected chi connectivity index (χ4v) is 6.10. The van der Waals surface area contributed by atoms with Gasteiger partial charge in [-0.1, -0.05) is 49.6 Å². The van der Waals surface area contributed by atoms with Gasteiger partial charge in [-0.25, -0.2) is 0 Å². The van der Waals surface area contributed by atoms with Gasteiger partial charge in [0.2, 0.25) is 5.91 Å². The molecular weight excluding hydrogens is 356 g/mol. The van der Waals surface area contributed by atoms with Crippen molar-refractivity contribution in [3.05, 3.63) is 35.9 Å². The second-order valence-corrected chi connectivity index (χ2v) is 9.89. The molecule has 3 fully saturated rings. The Balaban J connectivity index is 1.27. The molecule has 29 heavy (non-hydrogen) atoms. The van der Waals surface area contributed by atoms with Crippen molar-refractivity contribution in [1.29, 1.82) is 0 Å². The zero-order valence-corrected chi connectivity index (χ0v) is 18.2. The van der Waals surface area contributed by atoms with Crippen LogP contribution in [0.4, 0.5) is 0 Å². The maximum Gasteiger partial charge on any atom is 0.220 e. The molecule has 1 N–H and O–H groups in total. The van der Waals surface area contributed by atoms with E-state index in [0.29, 0.717) is 23.9 Å². The number of likely N-dealkylation sites (tertiary alicyclic amines) is 1. The largest absolute Gasteiger partial charge is 0.353 e. The van der Waals surface area contributed by atoms with Gasteiger partial charge in [-0.2, -0.15) is 0 Å². The Labute approximate surface area is 177 Å². The van der Waals surface area contributed by atoms with Gasteiger partial charge in [0.1, 0.15) is 0 Å². The second-order valence-electron chi connectivity index (χ2n) is 9.89. The number of hydrogen-bond donors (Lipinski definition) is 1. The number of nitrogens with zero attached hydrogens (tertiary/aromatic N) is 1. The second kappa shape index (κ2) is 10.6. The number of amides is 1. The summed E-state index contributed by atoms with van der Waals surface area (Å²) in [5, 5.41) is 3.33. The van der Waals surface area contributed by atoms with Gasteiger partial charge >= 0.3 is 0 Å². The van der Waals surface area contributed by atoms with Crippen molar-refractivity contribution in [2.45, 2.75) is 95.6 Å². The maximum atomic E-state index is 12.5. The molecule has 2 saturated carbocycles. The Morgan fingerprint density at radius 2 is 1.59 bits per heavy atom. The lowest BCUT2D eigenvalue weighted by Gasteiger charge is -2.39. The minimum Gasteiger partial charge on any atom is -0.353 e. The molecule has 1 heterocycles. The summed E-state index contributed by atoms with van der Waals surface area (Å²) >= 11 is 0. The minimum absolute atomic E-state index is 0.320. The molecule has 3 nitrogen and oxygen atoms in total. The summed E-state index contributed by atoms with van der Waals surface area (Å²) in [5.74, 6) is 1.72. The molecule has 1 atom stereocenters. The van der Waals surface area contributed by atoms with Crippen LogP contribution in [0.2, 0.25) is 0 Å². The Kier molecular flexibility index (Phi) is 7.65. The molecule has 3 heteroatoms. The summed E-state index contributed by atoms with van der Waals surface area (Å²) in [6.07, 6.45) is 16.1. The van der Waals surface area contributed by atoms with Crippen molar-refractivity contribution in [2.24, 2.45) is 11.8 Å². The maximum absolute atomic E-state index is 12.5. The van der Waals surface area contributed by atoms with Crippen molar-refractivity contribution >= 4 is 5.91 Å². The van der Waals surface area contributed by atoms with E-state index >= 15 is 0 Å². The lowest BCUT2D eigenvalue weighted by Crippen LogP contribution is -2.42. The summed E-state index contributed by atoms with van der Waals surface area (Å²) in [6, 6.07) is 12.2. The number of carbonyl (C=O) groups is 1. The van der Waals surface area contributed by atoms with Gasteiger partial charge in [0.25, 0.3) is 0 Å². The van der Waals surface area contributed by atoms with Crippen molar-refractivity contribution < 1.29 is 4.79 Å². The number of hydrogen-bond acceptors (Lipinski definition) is 2. The minimum atomic E-state index is 0.320. The van der Waals surface area contributed by atoms with Crippen LogP contribution in [-0.2, 0) is 11.2 Å². The highest BCUT2D eigenvalue weighted by molar-refractivity contribution is 5.76. The first kappa shape index (κ1) is 20.9. The van der Waals surface area contributed by atoms with E-state index in [0.717, 1.165) is 12.3 Å². The molecule has 2 aliphatic carbocycles. The van der Waals surface area contributed by atoms with Gasteiger partial charge < -0.3 is 5.32 Å². The molecule has 0 aromatic heterocycles. The third-order valence-electron chi connectivity index (χ3n) is 7.78. The van der Waals surface area contributed by atoms with Crippen molar-refractivity contribution in [2.75, 3.05) is 13.1 Å². The Hall–Kier alpha value is -1.35. The van der Waals surface area contributed by atoms with Crippen LogP contribution in [0.3, 0.4) is 0 Å². The lowest BCUT2D eigenvalue weighted by molar-refractivity contribution is -0.123. The standard InChI is InChI=1S/C26H40N2O/c29-26(27-24-11-5-2-6-12-24)20-22-13-15-23(16-14-22)25(28-17-7-8-18-28)19-21-9-3-1-4-10-21/h1,3-4,9-10,22-25H,2,5-8,11-20H2,(H,27,29). The zero-order chi connectivity index (χ0) is 19.9. The Morgan fingerprint density at radius 1 is 0.897 bits per heavy atom. The highest BCUT2D eigenvalue weighted by atomic mass is 16.1. The molecule has 0 bridgehead atoms. The van der Waals surface area contributed by atoms with Gasteiger partial charge in [0, 0.05) is 18.5 Å². The summed E-state index contributed by atoms with van der Waals surface area (Å²) in [5.41, 5.74) is 1.48. The van der Waals surface area contributed by atoms with E-state index in [-0.39, 0.29) is 0 Å². The summed E-state index contributed by atoms with van der Waals surface area (Å²) in [6.45, 7) is 2.56. The fraction of sp³-hybridized carbons (Fsp3) is 0.731. The highest BCUT2D eigenvalue weighted by Crippen LogP contribution is 2.36. The van der Waals surface area contributed by atoms with E-state index in [2.05, 4.69) is 40.5 Å². The lowest BCUT2D eigenvalue weighted by atomic mass is 9.75. The predicted molar refractivity (Wildman–Crippen MR) is 120 cm³/mol. The van der Waals surface area contributed by atoms with Crippen LogP contribution in [0.1, 0.15) is 82.6 Å². The van der Waals surface area contributed by atoms with Crippen LogP contribution in [0.25, 0.3) is 0 Å². The molecule has 1 unspecified atom stereocenters. The molecule has 1 amide bonds. The van der Waals surface area contributed by atoms with E-state index < -0.39 is 0 Å². The summed E-state index contributed by atoms with van der Waals surface area (Å²) < 4.78 is 0. The molecule has 0 spiro atoms. The first-order chi connectivity index (χ1) is 14.3.